The van der Waals surface area contributed by atoms with Crippen LogP contribution in [-0.2, 0) is 0 Å². The van der Waals surface area contributed by atoms with E-state index in [1.165, 1.54) is 11.3 Å². The molecule has 4 heteroatoms. The third kappa shape index (κ3) is 2.13. The van der Waals surface area contributed by atoms with Gasteiger partial charge in [-0.3, -0.25) is 0 Å². The average molecular weight is 240 g/mol. The van der Waals surface area contributed by atoms with Crippen LogP contribution in [0.2, 0.25) is 4.34 Å². The number of thiazole rings is 1. The summed E-state index contributed by atoms with van der Waals surface area (Å²) in [4.78, 5) is 4.39. The molecule has 78 valence electrons. The van der Waals surface area contributed by atoms with Gasteiger partial charge in [-0.05, 0) is 19.1 Å². The molecule has 0 saturated heterocycles. The Kier molecular flexibility index (Phi) is 2.93. The van der Waals surface area contributed by atoms with Gasteiger partial charge in [0.15, 0.2) is 0 Å². The Hall–Kier alpha value is -1.06. The first-order valence-electron chi connectivity index (χ1n) is 4.48. The van der Waals surface area contributed by atoms with Gasteiger partial charge >= 0.3 is 0 Å². The van der Waals surface area contributed by atoms with Gasteiger partial charge in [0.05, 0.1) is 12.8 Å². The van der Waals surface area contributed by atoms with Crippen LogP contribution in [0.3, 0.4) is 0 Å². The largest absolute Gasteiger partial charge is 0.497 e. The summed E-state index contributed by atoms with van der Waals surface area (Å²) in [5.41, 5.74) is 1.91. The van der Waals surface area contributed by atoms with Crippen LogP contribution in [0.5, 0.6) is 5.75 Å². The highest BCUT2D eigenvalue weighted by molar-refractivity contribution is 7.19. The predicted octanol–water partition coefficient (Wildman–Crippen LogP) is 3.78. The molecular weight excluding hydrogens is 230 g/mol. The summed E-state index contributed by atoms with van der Waals surface area (Å²) in [7, 11) is 1.65. The number of methoxy groups -OCH3 is 1. The van der Waals surface area contributed by atoms with E-state index < -0.39 is 0 Å². The monoisotopic (exact) mass is 239 g/mol. The molecule has 15 heavy (non-hydrogen) atoms. The van der Waals surface area contributed by atoms with Gasteiger partial charge < -0.3 is 4.74 Å². The van der Waals surface area contributed by atoms with Crippen molar-refractivity contribution in [3.8, 4) is 16.3 Å². The second-order valence-corrected chi connectivity index (χ2v) is 4.71. The number of aromatic nitrogens is 1. The minimum atomic E-state index is 0.743. The van der Waals surface area contributed by atoms with E-state index in [1.54, 1.807) is 7.11 Å². The SMILES string of the molecule is COc1cccc(-c2nc(C)c(Cl)s2)c1. The first kappa shape index (κ1) is 10.5. The van der Waals surface area contributed by atoms with Crippen molar-refractivity contribution in [3.05, 3.63) is 34.3 Å². The van der Waals surface area contributed by atoms with Gasteiger partial charge in [0.2, 0.25) is 0 Å². The van der Waals surface area contributed by atoms with E-state index in [4.69, 9.17) is 16.3 Å². The molecule has 1 aromatic heterocycles. The van der Waals surface area contributed by atoms with E-state index in [-0.39, 0.29) is 0 Å². The van der Waals surface area contributed by atoms with Crippen molar-refractivity contribution in [2.75, 3.05) is 7.11 Å². The highest BCUT2D eigenvalue weighted by Gasteiger charge is 2.07. The summed E-state index contributed by atoms with van der Waals surface area (Å²) >= 11 is 7.46. The molecule has 0 unspecified atom stereocenters. The predicted molar refractivity (Wildman–Crippen MR) is 63.8 cm³/mol. The van der Waals surface area contributed by atoms with Gasteiger partial charge in [0.25, 0.3) is 0 Å². The van der Waals surface area contributed by atoms with Crippen LogP contribution in [0.4, 0.5) is 0 Å². The number of benzene rings is 1. The standard InChI is InChI=1S/C11H10ClNOS/c1-7-10(12)15-11(13-7)8-4-3-5-9(6-8)14-2/h3-6H,1-2H3. The summed E-state index contributed by atoms with van der Waals surface area (Å²) in [5.74, 6) is 0.830. The summed E-state index contributed by atoms with van der Waals surface area (Å²) in [6.45, 7) is 1.91. The molecule has 0 amide bonds. The van der Waals surface area contributed by atoms with Crippen LogP contribution >= 0.6 is 22.9 Å². The van der Waals surface area contributed by atoms with Crippen LogP contribution in [0.25, 0.3) is 10.6 Å². The number of ether oxygens (including phenoxy) is 1. The van der Waals surface area contributed by atoms with Gasteiger partial charge in [0.1, 0.15) is 15.1 Å². The molecule has 0 aliphatic carbocycles. The zero-order valence-corrected chi connectivity index (χ0v) is 10.0. The normalized spacial score (nSPS) is 10.3. The second-order valence-electron chi connectivity index (χ2n) is 3.11. The maximum absolute atomic E-state index is 5.98. The molecule has 0 fully saturated rings. The summed E-state index contributed by atoms with van der Waals surface area (Å²) in [5, 5.41) is 0.927. The first-order chi connectivity index (χ1) is 7.20. The number of aryl methyl sites for hydroxylation is 1. The quantitative estimate of drug-likeness (QED) is 0.796. The minimum absolute atomic E-state index is 0.743. The molecule has 0 radical (unpaired) electrons. The first-order valence-corrected chi connectivity index (χ1v) is 5.67. The minimum Gasteiger partial charge on any atom is -0.497 e. The van der Waals surface area contributed by atoms with Crippen LogP contribution in [0, 0.1) is 6.92 Å². The van der Waals surface area contributed by atoms with Crippen LogP contribution in [0.15, 0.2) is 24.3 Å². The van der Waals surface area contributed by atoms with Gasteiger partial charge in [-0.2, -0.15) is 0 Å². The lowest BCUT2D eigenvalue weighted by Crippen LogP contribution is -1.83. The van der Waals surface area contributed by atoms with E-state index in [1.807, 2.05) is 31.2 Å². The molecule has 1 aromatic carbocycles. The van der Waals surface area contributed by atoms with Gasteiger partial charge in [-0.25, -0.2) is 4.98 Å². The van der Waals surface area contributed by atoms with Crippen molar-refractivity contribution in [3.63, 3.8) is 0 Å². The van der Waals surface area contributed by atoms with Gasteiger partial charge in [0, 0.05) is 5.56 Å². The summed E-state index contributed by atoms with van der Waals surface area (Å²) < 4.78 is 5.90. The molecule has 0 aliphatic heterocycles. The number of hydrogen-bond donors (Lipinski definition) is 0. The molecule has 2 rings (SSSR count). The third-order valence-corrected chi connectivity index (χ3v) is 3.56. The third-order valence-electron chi connectivity index (χ3n) is 2.06. The molecule has 0 N–H and O–H groups in total. The van der Waals surface area contributed by atoms with Crippen LogP contribution in [0.1, 0.15) is 5.69 Å². The Morgan fingerprint density at radius 3 is 2.80 bits per heavy atom. The zero-order valence-electron chi connectivity index (χ0n) is 8.45. The molecule has 1 heterocycles. The van der Waals surface area contributed by atoms with Crippen molar-refractivity contribution in [2.45, 2.75) is 6.92 Å². The van der Waals surface area contributed by atoms with E-state index in [9.17, 15) is 0 Å². The fourth-order valence-corrected chi connectivity index (χ4v) is 2.31. The fraction of sp³-hybridized carbons (Fsp3) is 0.182. The maximum atomic E-state index is 5.98. The van der Waals surface area contributed by atoms with Crippen LogP contribution < -0.4 is 4.74 Å². The second kappa shape index (κ2) is 4.21. The van der Waals surface area contributed by atoms with Crippen LogP contribution in [-0.4, -0.2) is 12.1 Å². The Bertz CT molecular complexity index is 462. The maximum Gasteiger partial charge on any atom is 0.125 e. The number of nitrogens with zero attached hydrogens (tertiary/aromatic N) is 1. The smallest absolute Gasteiger partial charge is 0.125 e. The number of rotatable bonds is 2. The van der Waals surface area contributed by atoms with Crippen molar-refractivity contribution in [2.24, 2.45) is 0 Å². The highest BCUT2D eigenvalue weighted by atomic mass is 35.5. The van der Waals surface area contributed by atoms with Crippen molar-refractivity contribution in [1.29, 1.82) is 0 Å². The van der Waals surface area contributed by atoms with Gasteiger partial charge in [-0.1, -0.05) is 23.7 Å². The zero-order chi connectivity index (χ0) is 10.8. The summed E-state index contributed by atoms with van der Waals surface area (Å²) in [6, 6.07) is 7.80. The topological polar surface area (TPSA) is 22.1 Å². The Balaban J connectivity index is 2.44. The Labute approximate surface area is 97.5 Å². The lowest BCUT2D eigenvalue weighted by atomic mass is 10.2. The highest BCUT2D eigenvalue weighted by Crippen LogP contribution is 2.32. The van der Waals surface area contributed by atoms with Crippen molar-refractivity contribution in [1.82, 2.24) is 4.98 Å². The lowest BCUT2D eigenvalue weighted by Gasteiger charge is -2.00. The molecule has 0 spiro atoms. The molecule has 0 atom stereocenters. The Morgan fingerprint density at radius 1 is 1.40 bits per heavy atom. The van der Waals surface area contributed by atoms with Gasteiger partial charge in [-0.15, -0.1) is 11.3 Å². The van der Waals surface area contributed by atoms with E-state index in [0.717, 1.165) is 26.4 Å². The van der Waals surface area contributed by atoms with E-state index >= 15 is 0 Å². The lowest BCUT2D eigenvalue weighted by molar-refractivity contribution is 0.415. The summed E-state index contributed by atoms with van der Waals surface area (Å²) in [6.07, 6.45) is 0. The molecule has 0 saturated carbocycles. The average Bonchev–Trinajstić information content (AvgIpc) is 2.59. The number of halogens is 1. The Morgan fingerprint density at radius 2 is 2.20 bits per heavy atom. The van der Waals surface area contributed by atoms with Crippen molar-refractivity contribution >= 4 is 22.9 Å². The van der Waals surface area contributed by atoms with E-state index in [2.05, 4.69) is 4.98 Å². The molecule has 0 bridgehead atoms. The fourth-order valence-electron chi connectivity index (χ4n) is 1.26. The molecule has 2 aromatic rings. The molecule has 2 nitrogen and oxygen atoms in total. The van der Waals surface area contributed by atoms with Crippen molar-refractivity contribution < 1.29 is 4.74 Å². The number of hydrogen-bond acceptors (Lipinski definition) is 3. The molecular formula is C11H10ClNOS. The molecule has 0 aliphatic rings. The van der Waals surface area contributed by atoms with E-state index in [0.29, 0.717) is 0 Å².